The van der Waals surface area contributed by atoms with Gasteiger partial charge in [-0.25, -0.2) is 9.67 Å². The Morgan fingerprint density at radius 1 is 1.21 bits per heavy atom. The molecule has 0 fully saturated rings. The van der Waals surface area contributed by atoms with E-state index in [4.69, 9.17) is 4.74 Å². The van der Waals surface area contributed by atoms with E-state index < -0.39 is 0 Å². The summed E-state index contributed by atoms with van der Waals surface area (Å²) in [6.07, 6.45) is 1.70. The summed E-state index contributed by atoms with van der Waals surface area (Å²) >= 11 is 1.50. The summed E-state index contributed by atoms with van der Waals surface area (Å²) in [7, 11) is 1.62. The van der Waals surface area contributed by atoms with Crippen molar-refractivity contribution in [3.8, 4) is 11.4 Å². The van der Waals surface area contributed by atoms with E-state index in [1.807, 2.05) is 42.5 Å². The Morgan fingerprint density at radius 3 is 2.71 bits per heavy atom. The van der Waals surface area contributed by atoms with Crippen LogP contribution in [0, 0.1) is 0 Å². The molecule has 1 aromatic heterocycles. The summed E-state index contributed by atoms with van der Waals surface area (Å²) < 4.78 is 7.11. The molecule has 24 heavy (non-hydrogen) atoms. The Balaban J connectivity index is 1.75. The molecule has 2 aromatic carbocycles. The third-order valence-corrected chi connectivity index (χ3v) is 4.44. The summed E-state index contributed by atoms with van der Waals surface area (Å²) in [5, 5.41) is 5.14. The van der Waals surface area contributed by atoms with E-state index in [0.29, 0.717) is 16.5 Å². The Kier molecular flexibility index (Phi) is 4.96. The maximum Gasteiger partial charge on any atom is 0.209 e. The zero-order chi connectivity index (χ0) is 16.9. The molecule has 0 amide bonds. The summed E-state index contributed by atoms with van der Waals surface area (Å²) in [6, 6.07) is 15.3. The minimum absolute atomic E-state index is 0.0374. The van der Waals surface area contributed by atoms with Crippen LogP contribution in [0.1, 0.15) is 22.8 Å². The zero-order valence-corrected chi connectivity index (χ0v) is 14.3. The molecule has 0 saturated carbocycles. The fraction of sp³-hybridized carbons (Fsp3) is 0.167. The predicted molar refractivity (Wildman–Crippen MR) is 93.9 cm³/mol. The second-order valence-corrected chi connectivity index (χ2v) is 6.12. The maximum absolute atomic E-state index is 11.6. The number of hydrogen-bond donors (Lipinski definition) is 0. The molecular weight excluding hydrogens is 322 g/mol. The van der Waals surface area contributed by atoms with Gasteiger partial charge in [0.05, 0.1) is 12.8 Å². The Bertz CT molecular complexity index is 846. The molecular formula is C18H17N3O2S. The van der Waals surface area contributed by atoms with E-state index in [2.05, 4.69) is 10.1 Å². The number of Topliss-reactive ketones (excluding diaryl/α,β-unsaturated/α-hetero) is 1. The van der Waals surface area contributed by atoms with Gasteiger partial charge in [-0.1, -0.05) is 30.0 Å². The minimum atomic E-state index is 0.0374. The third-order valence-electron chi connectivity index (χ3n) is 3.54. The number of ketones is 1. The first kappa shape index (κ1) is 16.3. The standard InChI is InChI=1S/C18H17N3O2S/c1-13(22)14-8-9-17(23-2)15(10-14)11-24-18-19-12-21(20-18)16-6-4-3-5-7-16/h3-10,12H,11H2,1-2H3. The Labute approximate surface area is 144 Å². The van der Waals surface area contributed by atoms with Crippen molar-refractivity contribution in [2.45, 2.75) is 17.8 Å². The lowest BCUT2D eigenvalue weighted by Gasteiger charge is -2.08. The number of methoxy groups -OCH3 is 1. The number of hydrogen-bond acceptors (Lipinski definition) is 5. The van der Waals surface area contributed by atoms with E-state index >= 15 is 0 Å². The molecule has 0 bridgehead atoms. The second-order valence-electron chi connectivity index (χ2n) is 5.18. The molecule has 5 nitrogen and oxygen atoms in total. The third kappa shape index (κ3) is 3.65. The number of benzene rings is 2. The molecule has 3 aromatic rings. The van der Waals surface area contributed by atoms with Gasteiger partial charge in [-0.05, 0) is 37.3 Å². The van der Waals surface area contributed by atoms with Crippen LogP contribution in [-0.2, 0) is 5.75 Å². The van der Waals surface area contributed by atoms with Gasteiger partial charge in [-0.15, -0.1) is 5.10 Å². The van der Waals surface area contributed by atoms with Crippen LogP contribution in [0.4, 0.5) is 0 Å². The molecule has 0 atom stereocenters. The largest absolute Gasteiger partial charge is 0.496 e. The van der Waals surface area contributed by atoms with Crippen molar-refractivity contribution >= 4 is 17.5 Å². The number of rotatable bonds is 6. The van der Waals surface area contributed by atoms with Crippen LogP contribution in [0.2, 0.25) is 0 Å². The summed E-state index contributed by atoms with van der Waals surface area (Å²) in [6.45, 7) is 1.56. The average molecular weight is 339 g/mol. The molecule has 0 saturated heterocycles. The Hall–Kier alpha value is -2.60. The highest BCUT2D eigenvalue weighted by atomic mass is 32.2. The van der Waals surface area contributed by atoms with Gasteiger partial charge in [0.25, 0.3) is 0 Å². The summed E-state index contributed by atoms with van der Waals surface area (Å²) in [5.74, 6) is 1.42. The molecule has 0 spiro atoms. The molecule has 6 heteroatoms. The fourth-order valence-electron chi connectivity index (χ4n) is 2.27. The molecule has 0 aliphatic rings. The van der Waals surface area contributed by atoms with Crippen LogP contribution >= 0.6 is 11.8 Å². The Morgan fingerprint density at radius 2 is 2.00 bits per heavy atom. The topological polar surface area (TPSA) is 57.0 Å². The lowest BCUT2D eigenvalue weighted by atomic mass is 10.1. The number of aromatic nitrogens is 3. The quantitative estimate of drug-likeness (QED) is 0.505. The highest BCUT2D eigenvalue weighted by Crippen LogP contribution is 2.27. The van der Waals surface area contributed by atoms with Gasteiger partial charge < -0.3 is 4.74 Å². The molecule has 0 aliphatic heterocycles. The van der Waals surface area contributed by atoms with Crippen molar-refractivity contribution < 1.29 is 9.53 Å². The first-order valence-corrected chi connectivity index (χ1v) is 8.43. The van der Waals surface area contributed by atoms with E-state index in [1.54, 1.807) is 31.1 Å². The number of carbonyl (C=O) groups excluding carboxylic acids is 1. The lowest BCUT2D eigenvalue weighted by molar-refractivity contribution is 0.101. The fourth-order valence-corrected chi connectivity index (χ4v) is 3.05. The molecule has 122 valence electrons. The second kappa shape index (κ2) is 7.31. The first-order valence-electron chi connectivity index (χ1n) is 7.45. The van der Waals surface area contributed by atoms with E-state index in [9.17, 15) is 4.79 Å². The van der Waals surface area contributed by atoms with Crippen molar-refractivity contribution in [2.75, 3.05) is 7.11 Å². The van der Waals surface area contributed by atoms with Crippen LogP contribution < -0.4 is 4.74 Å². The number of nitrogens with zero attached hydrogens (tertiary/aromatic N) is 3. The van der Waals surface area contributed by atoms with Crippen LogP contribution in [0.5, 0.6) is 5.75 Å². The molecule has 0 N–H and O–H groups in total. The average Bonchev–Trinajstić information content (AvgIpc) is 3.09. The summed E-state index contributed by atoms with van der Waals surface area (Å²) in [5.41, 5.74) is 2.59. The number of carbonyl (C=O) groups is 1. The van der Waals surface area contributed by atoms with Gasteiger partial charge in [-0.2, -0.15) is 0 Å². The smallest absolute Gasteiger partial charge is 0.209 e. The van der Waals surface area contributed by atoms with Gasteiger partial charge in [0.1, 0.15) is 12.1 Å². The molecule has 0 aliphatic carbocycles. The zero-order valence-electron chi connectivity index (χ0n) is 13.5. The van der Waals surface area contributed by atoms with Gasteiger partial charge in [0, 0.05) is 16.9 Å². The lowest BCUT2D eigenvalue weighted by Crippen LogP contribution is -1.97. The molecule has 1 heterocycles. The van der Waals surface area contributed by atoms with Crippen molar-refractivity contribution in [3.05, 3.63) is 66.0 Å². The van der Waals surface area contributed by atoms with Gasteiger partial charge in [0.15, 0.2) is 5.78 Å². The van der Waals surface area contributed by atoms with Crippen LogP contribution in [0.3, 0.4) is 0 Å². The SMILES string of the molecule is COc1ccc(C(C)=O)cc1CSc1ncn(-c2ccccc2)n1. The summed E-state index contributed by atoms with van der Waals surface area (Å²) in [4.78, 5) is 15.9. The normalized spacial score (nSPS) is 10.6. The molecule has 3 rings (SSSR count). The van der Waals surface area contributed by atoms with Crippen molar-refractivity contribution in [3.63, 3.8) is 0 Å². The maximum atomic E-state index is 11.6. The number of ether oxygens (including phenoxy) is 1. The minimum Gasteiger partial charge on any atom is -0.496 e. The van der Waals surface area contributed by atoms with E-state index in [1.165, 1.54) is 11.8 Å². The highest BCUT2D eigenvalue weighted by molar-refractivity contribution is 7.98. The predicted octanol–water partition coefficient (Wildman–Crippen LogP) is 3.77. The van der Waals surface area contributed by atoms with Crippen LogP contribution in [-0.4, -0.2) is 27.7 Å². The highest BCUT2D eigenvalue weighted by Gasteiger charge is 2.10. The number of thioether (sulfide) groups is 1. The van der Waals surface area contributed by atoms with Gasteiger partial charge in [0.2, 0.25) is 5.16 Å². The van der Waals surface area contributed by atoms with Crippen molar-refractivity contribution in [2.24, 2.45) is 0 Å². The van der Waals surface area contributed by atoms with E-state index in [0.717, 1.165) is 17.0 Å². The van der Waals surface area contributed by atoms with E-state index in [-0.39, 0.29) is 5.78 Å². The van der Waals surface area contributed by atoms with Gasteiger partial charge in [-0.3, -0.25) is 4.79 Å². The molecule has 0 unspecified atom stereocenters. The first-order chi connectivity index (χ1) is 11.7. The van der Waals surface area contributed by atoms with Crippen molar-refractivity contribution in [1.82, 2.24) is 14.8 Å². The molecule has 0 radical (unpaired) electrons. The van der Waals surface area contributed by atoms with Crippen molar-refractivity contribution in [1.29, 1.82) is 0 Å². The van der Waals surface area contributed by atoms with Gasteiger partial charge >= 0.3 is 0 Å². The number of para-hydroxylation sites is 1. The van der Waals surface area contributed by atoms with Crippen LogP contribution in [0.15, 0.2) is 60.0 Å². The monoisotopic (exact) mass is 339 g/mol. The van der Waals surface area contributed by atoms with Crippen LogP contribution in [0.25, 0.3) is 5.69 Å².